The highest BCUT2D eigenvalue weighted by molar-refractivity contribution is 5.89. The van der Waals surface area contributed by atoms with E-state index >= 15 is 0 Å². The van der Waals surface area contributed by atoms with Crippen molar-refractivity contribution in [3.05, 3.63) is 71.3 Å². The lowest BCUT2D eigenvalue weighted by molar-refractivity contribution is 0.0000495. The zero-order chi connectivity index (χ0) is 15.5. The van der Waals surface area contributed by atoms with Gasteiger partial charge in [-0.2, -0.15) is 0 Å². The molecule has 1 unspecified atom stereocenters. The van der Waals surface area contributed by atoms with Crippen LogP contribution in [-0.4, -0.2) is 31.1 Å². The normalized spacial score (nSPS) is 20.5. The Balaban J connectivity index is 1.83. The molecule has 0 spiro atoms. The predicted octanol–water partition coefficient (Wildman–Crippen LogP) is 3.46. The number of nitrogens with zero attached hydrogens (tertiary/aromatic N) is 1. The van der Waals surface area contributed by atoms with Gasteiger partial charge in [-0.3, -0.25) is 4.90 Å². The zero-order valence-corrected chi connectivity index (χ0v) is 13.0. The number of rotatable bonds is 3. The second kappa shape index (κ2) is 6.32. The van der Waals surface area contributed by atoms with Crippen LogP contribution in [0.4, 0.5) is 0 Å². The predicted molar refractivity (Wildman–Crippen MR) is 86.8 cm³/mol. The van der Waals surface area contributed by atoms with Crippen LogP contribution in [0.5, 0.6) is 0 Å². The van der Waals surface area contributed by atoms with Gasteiger partial charge in [-0.15, -0.1) is 0 Å². The third-order valence-corrected chi connectivity index (χ3v) is 4.25. The molecule has 2 aromatic carbocycles. The Morgan fingerprint density at radius 2 is 1.73 bits per heavy atom. The summed E-state index contributed by atoms with van der Waals surface area (Å²) in [5.74, 6) is -0.239. The number of hydrogen-bond donors (Lipinski definition) is 0. The van der Waals surface area contributed by atoms with Crippen molar-refractivity contribution in [1.82, 2.24) is 4.90 Å². The smallest absolute Gasteiger partial charge is 0.338 e. The fourth-order valence-electron chi connectivity index (χ4n) is 3.22. The number of aryl methyl sites for hydroxylation is 1. The van der Waals surface area contributed by atoms with E-state index in [4.69, 9.17) is 4.74 Å². The Hall–Kier alpha value is -2.13. The van der Waals surface area contributed by atoms with Crippen LogP contribution in [0.15, 0.2) is 54.6 Å². The summed E-state index contributed by atoms with van der Waals surface area (Å²) in [5.41, 5.74) is 3.23. The molecule has 0 aromatic heterocycles. The van der Waals surface area contributed by atoms with E-state index < -0.39 is 0 Å². The van der Waals surface area contributed by atoms with Crippen LogP contribution in [0, 0.1) is 0 Å². The van der Waals surface area contributed by atoms with Gasteiger partial charge in [0.05, 0.1) is 11.6 Å². The molecule has 0 N–H and O–H groups in total. The van der Waals surface area contributed by atoms with E-state index in [1.807, 2.05) is 32.3 Å². The average molecular weight is 295 g/mol. The minimum absolute atomic E-state index is 0.109. The van der Waals surface area contributed by atoms with Gasteiger partial charge in [0.25, 0.3) is 0 Å². The Labute approximate surface area is 131 Å². The van der Waals surface area contributed by atoms with E-state index in [2.05, 4.69) is 29.2 Å². The lowest BCUT2D eigenvalue weighted by Crippen LogP contribution is -2.38. The number of carbonyl (C=O) groups is 1. The van der Waals surface area contributed by atoms with Crippen LogP contribution >= 0.6 is 0 Å². The van der Waals surface area contributed by atoms with Crippen LogP contribution in [0.3, 0.4) is 0 Å². The lowest BCUT2D eigenvalue weighted by Gasteiger charge is -2.37. The maximum Gasteiger partial charge on any atom is 0.338 e. The number of carbonyl (C=O) groups excluding carboxylic acids is 1. The molecule has 3 rings (SSSR count). The fourth-order valence-corrected chi connectivity index (χ4v) is 3.22. The first-order chi connectivity index (χ1) is 10.7. The second-order valence-corrected chi connectivity index (χ2v) is 5.96. The van der Waals surface area contributed by atoms with E-state index in [1.54, 1.807) is 12.1 Å². The largest absolute Gasteiger partial charge is 0.457 e. The SMILES string of the molecule is CN(C)C1c2ccccc2CC[C@@H]1OC(=O)c1ccccc1. The number of esters is 1. The number of ether oxygens (including phenoxy) is 1. The van der Waals surface area contributed by atoms with Gasteiger partial charge in [0.2, 0.25) is 0 Å². The molecule has 0 amide bonds. The van der Waals surface area contributed by atoms with Gasteiger partial charge in [-0.05, 0) is 50.2 Å². The van der Waals surface area contributed by atoms with Gasteiger partial charge in [0, 0.05) is 0 Å². The number of fused-ring (bicyclic) bond motifs is 1. The van der Waals surface area contributed by atoms with Crippen molar-refractivity contribution in [2.75, 3.05) is 14.1 Å². The summed E-state index contributed by atoms with van der Waals surface area (Å²) in [4.78, 5) is 14.5. The number of benzene rings is 2. The Morgan fingerprint density at radius 1 is 1.05 bits per heavy atom. The molecule has 0 bridgehead atoms. The summed E-state index contributed by atoms with van der Waals surface area (Å²) in [6, 6.07) is 17.7. The first-order valence-electron chi connectivity index (χ1n) is 7.67. The highest BCUT2D eigenvalue weighted by Gasteiger charge is 2.33. The molecule has 1 aliphatic rings. The highest BCUT2D eigenvalue weighted by Crippen LogP contribution is 2.35. The van der Waals surface area contributed by atoms with Gasteiger partial charge in [0.15, 0.2) is 0 Å². The molecule has 2 aromatic rings. The van der Waals surface area contributed by atoms with Gasteiger partial charge >= 0.3 is 5.97 Å². The van der Waals surface area contributed by atoms with Crippen LogP contribution in [-0.2, 0) is 11.2 Å². The van der Waals surface area contributed by atoms with Crippen LogP contribution in [0.2, 0.25) is 0 Å². The minimum atomic E-state index is -0.239. The van der Waals surface area contributed by atoms with E-state index in [1.165, 1.54) is 11.1 Å². The first kappa shape index (κ1) is 14.8. The highest BCUT2D eigenvalue weighted by atomic mass is 16.5. The van der Waals surface area contributed by atoms with Gasteiger partial charge < -0.3 is 4.74 Å². The van der Waals surface area contributed by atoms with E-state index in [0.29, 0.717) is 5.56 Å². The van der Waals surface area contributed by atoms with E-state index in [9.17, 15) is 4.79 Å². The molecule has 0 fully saturated rings. The molecule has 0 heterocycles. The summed E-state index contributed by atoms with van der Waals surface area (Å²) < 4.78 is 5.83. The van der Waals surface area contributed by atoms with Crippen molar-refractivity contribution in [1.29, 1.82) is 0 Å². The molecule has 3 heteroatoms. The van der Waals surface area contributed by atoms with Crippen molar-refractivity contribution >= 4 is 5.97 Å². The molecule has 3 nitrogen and oxygen atoms in total. The monoisotopic (exact) mass is 295 g/mol. The van der Waals surface area contributed by atoms with Gasteiger partial charge in [-0.1, -0.05) is 42.5 Å². The van der Waals surface area contributed by atoms with Crippen molar-refractivity contribution < 1.29 is 9.53 Å². The van der Waals surface area contributed by atoms with Gasteiger partial charge in [0.1, 0.15) is 6.10 Å². The van der Waals surface area contributed by atoms with Crippen LogP contribution in [0.25, 0.3) is 0 Å². The minimum Gasteiger partial charge on any atom is -0.457 e. The van der Waals surface area contributed by atoms with Crippen LogP contribution < -0.4 is 0 Å². The molecule has 0 saturated heterocycles. The van der Waals surface area contributed by atoms with E-state index in [-0.39, 0.29) is 18.1 Å². The molecular weight excluding hydrogens is 274 g/mol. The Kier molecular flexibility index (Phi) is 4.25. The summed E-state index contributed by atoms with van der Waals surface area (Å²) in [6.07, 6.45) is 1.70. The maximum absolute atomic E-state index is 12.4. The quantitative estimate of drug-likeness (QED) is 0.812. The van der Waals surface area contributed by atoms with Gasteiger partial charge in [-0.25, -0.2) is 4.79 Å². The Morgan fingerprint density at radius 3 is 2.45 bits per heavy atom. The van der Waals surface area contributed by atoms with Crippen molar-refractivity contribution in [3.8, 4) is 0 Å². The third-order valence-electron chi connectivity index (χ3n) is 4.25. The Bertz CT molecular complexity index is 651. The topological polar surface area (TPSA) is 29.5 Å². The number of hydrogen-bond acceptors (Lipinski definition) is 3. The lowest BCUT2D eigenvalue weighted by atomic mass is 9.85. The average Bonchev–Trinajstić information content (AvgIpc) is 2.55. The summed E-state index contributed by atoms with van der Waals surface area (Å²) in [5, 5.41) is 0. The van der Waals surface area contributed by atoms with Crippen molar-refractivity contribution in [2.24, 2.45) is 0 Å². The van der Waals surface area contributed by atoms with Crippen molar-refractivity contribution in [3.63, 3.8) is 0 Å². The van der Waals surface area contributed by atoms with Crippen molar-refractivity contribution in [2.45, 2.75) is 25.0 Å². The third kappa shape index (κ3) is 2.90. The van der Waals surface area contributed by atoms with E-state index in [0.717, 1.165) is 12.8 Å². The summed E-state index contributed by atoms with van der Waals surface area (Å²) in [7, 11) is 4.08. The molecule has 2 atom stereocenters. The maximum atomic E-state index is 12.4. The molecule has 22 heavy (non-hydrogen) atoms. The molecule has 1 aliphatic carbocycles. The zero-order valence-electron chi connectivity index (χ0n) is 13.0. The molecular formula is C19H21NO2. The summed E-state index contributed by atoms with van der Waals surface area (Å²) >= 11 is 0. The molecule has 0 aliphatic heterocycles. The summed E-state index contributed by atoms with van der Waals surface area (Å²) in [6.45, 7) is 0. The molecule has 0 radical (unpaired) electrons. The first-order valence-corrected chi connectivity index (χ1v) is 7.67. The fraction of sp³-hybridized carbons (Fsp3) is 0.316. The number of likely N-dealkylation sites (N-methyl/N-ethyl adjacent to an activating group) is 1. The second-order valence-electron chi connectivity index (χ2n) is 5.96. The standard InChI is InChI=1S/C19H21NO2/c1-20(2)18-16-11-7-6-8-14(16)12-13-17(18)22-19(21)15-9-4-3-5-10-15/h3-11,17-18H,12-13H2,1-2H3/t17-,18?/m0/s1. The van der Waals surface area contributed by atoms with Crippen LogP contribution in [0.1, 0.15) is 33.9 Å². The molecule has 0 saturated carbocycles. The molecule has 114 valence electrons.